The summed E-state index contributed by atoms with van der Waals surface area (Å²) in [5.41, 5.74) is 1.58. The van der Waals surface area contributed by atoms with Crippen molar-refractivity contribution in [3.8, 4) is 11.5 Å². The maximum atomic E-state index is 12.8. The Labute approximate surface area is 156 Å². The molecule has 1 aliphatic heterocycles. The fourth-order valence-electron chi connectivity index (χ4n) is 2.47. The molecule has 1 aliphatic rings. The SMILES string of the molecule is CCOc1ccc(/C=C2/SC(=S)N(c3ccccc3OC)C2=O)cc1. The van der Waals surface area contributed by atoms with Crippen molar-refractivity contribution < 1.29 is 14.3 Å². The summed E-state index contributed by atoms with van der Waals surface area (Å²) in [4.78, 5) is 14.9. The van der Waals surface area contributed by atoms with E-state index in [1.807, 2.05) is 61.5 Å². The second kappa shape index (κ2) is 7.72. The number of hydrogen-bond acceptors (Lipinski definition) is 5. The molecule has 0 saturated carbocycles. The molecule has 1 heterocycles. The number of benzene rings is 2. The van der Waals surface area contributed by atoms with E-state index in [9.17, 15) is 4.79 Å². The van der Waals surface area contributed by atoms with Crippen LogP contribution in [-0.2, 0) is 4.79 Å². The first-order valence-electron chi connectivity index (χ1n) is 7.78. The van der Waals surface area contributed by atoms with Crippen LogP contribution in [0.4, 0.5) is 5.69 Å². The van der Waals surface area contributed by atoms with Crippen molar-refractivity contribution in [2.75, 3.05) is 18.6 Å². The predicted octanol–water partition coefficient (Wildman–Crippen LogP) is 4.50. The summed E-state index contributed by atoms with van der Waals surface area (Å²) in [7, 11) is 1.58. The van der Waals surface area contributed by atoms with Crippen molar-refractivity contribution in [1.29, 1.82) is 0 Å². The fourth-order valence-corrected chi connectivity index (χ4v) is 3.75. The normalized spacial score (nSPS) is 15.8. The molecule has 0 aromatic heterocycles. The molecule has 1 saturated heterocycles. The van der Waals surface area contributed by atoms with Crippen molar-refractivity contribution in [2.24, 2.45) is 0 Å². The van der Waals surface area contributed by atoms with E-state index in [1.165, 1.54) is 16.7 Å². The Kier molecular flexibility index (Phi) is 5.40. The summed E-state index contributed by atoms with van der Waals surface area (Å²) in [6.07, 6.45) is 1.84. The average Bonchev–Trinajstić information content (AvgIpc) is 2.90. The maximum absolute atomic E-state index is 12.8. The molecule has 0 atom stereocenters. The molecular formula is C19H17NO3S2. The van der Waals surface area contributed by atoms with Crippen LogP contribution < -0.4 is 14.4 Å². The lowest BCUT2D eigenvalue weighted by molar-refractivity contribution is -0.113. The summed E-state index contributed by atoms with van der Waals surface area (Å²) in [6, 6.07) is 14.9. The highest BCUT2D eigenvalue weighted by atomic mass is 32.2. The Hall–Kier alpha value is -2.31. The largest absolute Gasteiger partial charge is 0.495 e. The van der Waals surface area contributed by atoms with Crippen LogP contribution in [0.1, 0.15) is 12.5 Å². The zero-order valence-electron chi connectivity index (χ0n) is 13.9. The van der Waals surface area contributed by atoms with Crippen LogP contribution in [0.25, 0.3) is 6.08 Å². The Morgan fingerprint density at radius 3 is 2.56 bits per heavy atom. The number of para-hydroxylation sites is 2. The average molecular weight is 371 g/mol. The number of thiocarbonyl (C=S) groups is 1. The van der Waals surface area contributed by atoms with Gasteiger partial charge in [-0.15, -0.1) is 0 Å². The minimum absolute atomic E-state index is 0.145. The number of hydrogen-bond donors (Lipinski definition) is 0. The number of nitrogens with zero attached hydrogens (tertiary/aromatic N) is 1. The molecule has 3 rings (SSSR count). The smallest absolute Gasteiger partial charge is 0.270 e. The Morgan fingerprint density at radius 2 is 1.88 bits per heavy atom. The van der Waals surface area contributed by atoms with Crippen LogP contribution in [0.5, 0.6) is 11.5 Å². The quantitative estimate of drug-likeness (QED) is 0.572. The molecule has 128 valence electrons. The predicted molar refractivity (Wildman–Crippen MR) is 106 cm³/mol. The van der Waals surface area contributed by atoms with Crippen molar-refractivity contribution in [1.82, 2.24) is 0 Å². The molecule has 2 aromatic rings. The lowest BCUT2D eigenvalue weighted by Crippen LogP contribution is -2.27. The van der Waals surface area contributed by atoms with Crippen LogP contribution in [0.15, 0.2) is 53.4 Å². The number of anilines is 1. The highest BCUT2D eigenvalue weighted by Gasteiger charge is 2.34. The molecule has 6 heteroatoms. The maximum Gasteiger partial charge on any atom is 0.270 e. The van der Waals surface area contributed by atoms with Gasteiger partial charge in [-0.1, -0.05) is 48.2 Å². The summed E-state index contributed by atoms with van der Waals surface area (Å²) in [6.45, 7) is 2.56. The molecule has 0 spiro atoms. The standard InChI is InChI=1S/C19H17NO3S2/c1-3-23-14-10-8-13(9-11-14)12-17-18(21)20(19(24)25-17)15-6-4-5-7-16(15)22-2/h4-12H,3H2,1-2H3/b17-12+. The van der Waals surface area contributed by atoms with E-state index in [0.717, 1.165) is 11.3 Å². The number of thioether (sulfide) groups is 1. The first kappa shape index (κ1) is 17.5. The van der Waals surface area contributed by atoms with E-state index >= 15 is 0 Å². The van der Waals surface area contributed by atoms with Gasteiger partial charge in [0, 0.05) is 0 Å². The Morgan fingerprint density at radius 1 is 1.16 bits per heavy atom. The van der Waals surface area contributed by atoms with Gasteiger partial charge in [-0.2, -0.15) is 0 Å². The molecule has 0 radical (unpaired) electrons. The van der Waals surface area contributed by atoms with Gasteiger partial charge in [0.05, 0.1) is 24.3 Å². The van der Waals surface area contributed by atoms with Gasteiger partial charge in [0.2, 0.25) is 0 Å². The highest BCUT2D eigenvalue weighted by molar-refractivity contribution is 8.27. The van der Waals surface area contributed by atoms with Gasteiger partial charge in [-0.05, 0) is 42.8 Å². The molecule has 1 fully saturated rings. The lowest BCUT2D eigenvalue weighted by Gasteiger charge is -2.17. The molecule has 1 amide bonds. The van der Waals surface area contributed by atoms with E-state index in [1.54, 1.807) is 7.11 Å². The number of carbonyl (C=O) groups excluding carboxylic acids is 1. The van der Waals surface area contributed by atoms with Gasteiger partial charge in [0.1, 0.15) is 11.5 Å². The third-order valence-electron chi connectivity index (χ3n) is 3.61. The molecule has 25 heavy (non-hydrogen) atoms. The third-order valence-corrected chi connectivity index (χ3v) is 4.91. The zero-order chi connectivity index (χ0) is 17.8. The number of amides is 1. The van der Waals surface area contributed by atoms with Crippen LogP contribution in [0, 0.1) is 0 Å². The molecule has 4 nitrogen and oxygen atoms in total. The van der Waals surface area contributed by atoms with E-state index in [0.29, 0.717) is 27.3 Å². The second-order valence-corrected chi connectivity index (χ2v) is 6.87. The zero-order valence-corrected chi connectivity index (χ0v) is 15.5. The number of ether oxygens (including phenoxy) is 2. The second-order valence-electron chi connectivity index (χ2n) is 5.19. The van der Waals surface area contributed by atoms with Gasteiger partial charge in [-0.3, -0.25) is 9.69 Å². The van der Waals surface area contributed by atoms with Gasteiger partial charge in [0.25, 0.3) is 5.91 Å². The van der Waals surface area contributed by atoms with E-state index in [2.05, 4.69) is 0 Å². The van der Waals surface area contributed by atoms with Crippen LogP contribution >= 0.6 is 24.0 Å². The minimum Gasteiger partial charge on any atom is -0.495 e. The summed E-state index contributed by atoms with van der Waals surface area (Å²) in [5.74, 6) is 1.27. The Balaban J connectivity index is 1.88. The van der Waals surface area contributed by atoms with Gasteiger partial charge in [0.15, 0.2) is 4.32 Å². The summed E-state index contributed by atoms with van der Waals surface area (Å²) >= 11 is 6.69. The van der Waals surface area contributed by atoms with Crippen LogP contribution in [-0.4, -0.2) is 23.9 Å². The molecular weight excluding hydrogens is 354 g/mol. The fraction of sp³-hybridized carbons (Fsp3) is 0.158. The number of rotatable bonds is 5. The highest BCUT2D eigenvalue weighted by Crippen LogP contribution is 2.39. The van der Waals surface area contributed by atoms with Crippen molar-refractivity contribution in [2.45, 2.75) is 6.92 Å². The molecule has 0 N–H and O–H groups in total. The summed E-state index contributed by atoms with van der Waals surface area (Å²) in [5, 5.41) is 0. The molecule has 0 bridgehead atoms. The monoisotopic (exact) mass is 371 g/mol. The number of carbonyl (C=O) groups is 1. The first-order chi connectivity index (χ1) is 12.1. The van der Waals surface area contributed by atoms with E-state index in [4.69, 9.17) is 21.7 Å². The van der Waals surface area contributed by atoms with Gasteiger partial charge >= 0.3 is 0 Å². The molecule has 0 aliphatic carbocycles. The lowest BCUT2D eigenvalue weighted by atomic mass is 10.2. The Bertz CT molecular complexity index is 831. The van der Waals surface area contributed by atoms with E-state index in [-0.39, 0.29) is 5.91 Å². The molecule has 0 unspecified atom stereocenters. The molecule has 2 aromatic carbocycles. The summed E-state index contributed by atoms with van der Waals surface area (Å²) < 4.78 is 11.3. The minimum atomic E-state index is -0.145. The van der Waals surface area contributed by atoms with Crippen molar-refractivity contribution in [3.63, 3.8) is 0 Å². The van der Waals surface area contributed by atoms with Crippen LogP contribution in [0.3, 0.4) is 0 Å². The van der Waals surface area contributed by atoms with Gasteiger partial charge < -0.3 is 9.47 Å². The van der Waals surface area contributed by atoms with Crippen LogP contribution in [0.2, 0.25) is 0 Å². The van der Waals surface area contributed by atoms with Gasteiger partial charge in [-0.25, -0.2) is 0 Å². The first-order valence-corrected chi connectivity index (χ1v) is 9.00. The van der Waals surface area contributed by atoms with Crippen molar-refractivity contribution in [3.05, 3.63) is 59.0 Å². The van der Waals surface area contributed by atoms with Crippen molar-refractivity contribution >= 4 is 46.0 Å². The van der Waals surface area contributed by atoms with E-state index < -0.39 is 0 Å². The topological polar surface area (TPSA) is 38.8 Å². The number of methoxy groups -OCH3 is 1. The third kappa shape index (κ3) is 3.70.